The van der Waals surface area contributed by atoms with Crippen molar-refractivity contribution in [2.45, 2.75) is 25.7 Å². The number of halogens is 1. The van der Waals surface area contributed by atoms with Crippen molar-refractivity contribution in [3.8, 4) is 0 Å². The molecule has 90 valence electrons. The SMILES string of the molecule is Cc1cc(C)c(S(=O)(=O)C[S+]=O)c(C)c1.F. The van der Waals surface area contributed by atoms with E-state index < -0.39 is 14.9 Å². The van der Waals surface area contributed by atoms with Gasteiger partial charge in [0.05, 0.1) is 4.90 Å². The number of sulfone groups is 1. The molecule has 0 fully saturated rings. The van der Waals surface area contributed by atoms with Crippen LogP contribution >= 0.6 is 0 Å². The minimum absolute atomic E-state index is 0. The van der Waals surface area contributed by atoms with Gasteiger partial charge in [-0.3, -0.25) is 4.70 Å². The molecule has 0 saturated heterocycles. The molecule has 0 amide bonds. The van der Waals surface area contributed by atoms with Crippen molar-refractivity contribution < 1.29 is 17.3 Å². The van der Waals surface area contributed by atoms with E-state index in [1.165, 1.54) is 0 Å². The molecular formula is C10H14FO3S2+. The minimum Gasteiger partial charge on any atom is -0.269 e. The van der Waals surface area contributed by atoms with Gasteiger partial charge in [-0.2, -0.15) is 0 Å². The van der Waals surface area contributed by atoms with Gasteiger partial charge in [-0.05, 0) is 31.9 Å². The molecule has 0 saturated carbocycles. The van der Waals surface area contributed by atoms with Gasteiger partial charge < -0.3 is 0 Å². The van der Waals surface area contributed by atoms with E-state index in [1.807, 2.05) is 19.1 Å². The molecule has 1 aromatic carbocycles. The summed E-state index contributed by atoms with van der Waals surface area (Å²) < 4.78 is 33.9. The first-order chi connectivity index (χ1) is 6.88. The second-order valence-electron chi connectivity index (χ2n) is 3.58. The second kappa shape index (κ2) is 5.45. The van der Waals surface area contributed by atoms with Crippen LogP contribution in [-0.4, -0.2) is 13.5 Å². The largest absolute Gasteiger partial charge is 0.476 e. The number of hydrogen-bond acceptors (Lipinski definition) is 3. The van der Waals surface area contributed by atoms with Gasteiger partial charge in [0, 0.05) is 4.21 Å². The van der Waals surface area contributed by atoms with Crippen molar-refractivity contribution in [2.75, 3.05) is 5.08 Å². The number of rotatable bonds is 3. The summed E-state index contributed by atoms with van der Waals surface area (Å²) in [6, 6.07) is 3.63. The number of hydrogen-bond donors (Lipinski definition) is 0. The summed E-state index contributed by atoms with van der Waals surface area (Å²) in [4.78, 5) is 0.302. The zero-order chi connectivity index (χ0) is 11.6. The Balaban J connectivity index is 0.00000225. The van der Waals surface area contributed by atoms with E-state index in [1.54, 1.807) is 13.8 Å². The summed E-state index contributed by atoms with van der Waals surface area (Å²) >= 11 is 0.0870. The molecule has 1 aromatic rings. The first-order valence-corrected chi connectivity index (χ1v) is 7.00. The fourth-order valence-corrected chi connectivity index (χ4v) is 3.86. The molecule has 0 aliphatic heterocycles. The highest BCUT2D eigenvalue weighted by Crippen LogP contribution is 2.22. The topological polar surface area (TPSA) is 51.2 Å². The Bertz CT molecular complexity index is 472. The highest BCUT2D eigenvalue weighted by molar-refractivity contribution is 7.99. The van der Waals surface area contributed by atoms with Gasteiger partial charge in [0.15, 0.2) is 0 Å². The van der Waals surface area contributed by atoms with Gasteiger partial charge in [-0.25, -0.2) is 8.42 Å². The lowest BCUT2D eigenvalue weighted by atomic mass is 10.1. The molecule has 0 N–H and O–H groups in total. The van der Waals surface area contributed by atoms with E-state index in [4.69, 9.17) is 0 Å². The smallest absolute Gasteiger partial charge is 0.269 e. The molecule has 0 aromatic heterocycles. The van der Waals surface area contributed by atoms with E-state index in [9.17, 15) is 12.6 Å². The summed E-state index contributed by atoms with van der Waals surface area (Å²) in [5.41, 5.74) is 2.45. The van der Waals surface area contributed by atoms with Crippen LogP contribution in [0.1, 0.15) is 16.7 Å². The van der Waals surface area contributed by atoms with Gasteiger partial charge in [0.2, 0.25) is 9.84 Å². The highest BCUT2D eigenvalue weighted by atomic mass is 32.3. The first-order valence-electron chi connectivity index (χ1n) is 4.44. The third kappa shape index (κ3) is 3.05. The van der Waals surface area contributed by atoms with Crippen molar-refractivity contribution in [2.24, 2.45) is 0 Å². The van der Waals surface area contributed by atoms with Crippen molar-refractivity contribution in [3.05, 3.63) is 28.8 Å². The standard InChI is InChI=1S/C10H13O3S2.FH/c1-7-4-8(2)10(9(3)5-7)15(12,13)6-14-11;/h4-5H,6H2,1-3H3;1H/q+1;. The number of benzene rings is 1. The lowest BCUT2D eigenvalue weighted by Crippen LogP contribution is -2.09. The van der Waals surface area contributed by atoms with Crippen molar-refractivity contribution in [1.82, 2.24) is 0 Å². The predicted octanol–water partition coefficient (Wildman–Crippen LogP) is 1.92. The van der Waals surface area contributed by atoms with Crippen LogP contribution in [0.25, 0.3) is 0 Å². The summed E-state index contributed by atoms with van der Waals surface area (Å²) in [5.74, 6) is 0. The zero-order valence-electron chi connectivity index (χ0n) is 9.31. The lowest BCUT2D eigenvalue weighted by Gasteiger charge is -2.07. The minimum atomic E-state index is -3.44. The quantitative estimate of drug-likeness (QED) is 0.785. The molecule has 0 spiro atoms. The second-order valence-corrected chi connectivity index (χ2v) is 6.39. The van der Waals surface area contributed by atoms with E-state index >= 15 is 0 Å². The average Bonchev–Trinajstić information content (AvgIpc) is 1.99. The van der Waals surface area contributed by atoms with Gasteiger partial charge in [-0.15, -0.1) is 0 Å². The summed E-state index contributed by atoms with van der Waals surface area (Å²) in [6.07, 6.45) is 0. The molecule has 0 aliphatic rings. The fourth-order valence-electron chi connectivity index (χ4n) is 1.78. The molecule has 0 bridgehead atoms. The highest BCUT2D eigenvalue weighted by Gasteiger charge is 2.25. The molecule has 0 atom stereocenters. The van der Waals surface area contributed by atoms with E-state index in [0.717, 1.165) is 5.56 Å². The number of aryl methyl sites for hydroxylation is 3. The molecule has 6 heteroatoms. The molecular weight excluding hydrogens is 251 g/mol. The Morgan fingerprint density at radius 2 is 1.56 bits per heavy atom. The zero-order valence-corrected chi connectivity index (χ0v) is 10.9. The maximum Gasteiger partial charge on any atom is 0.476 e. The Morgan fingerprint density at radius 1 is 1.12 bits per heavy atom. The van der Waals surface area contributed by atoms with Crippen LogP contribution < -0.4 is 0 Å². The molecule has 0 unspecified atom stereocenters. The van der Waals surface area contributed by atoms with Gasteiger partial charge in [-0.1, -0.05) is 17.7 Å². The van der Waals surface area contributed by atoms with Gasteiger partial charge in [0.1, 0.15) is 0 Å². The lowest BCUT2D eigenvalue weighted by molar-refractivity contribution is 0.595. The molecule has 16 heavy (non-hydrogen) atoms. The molecule has 0 radical (unpaired) electrons. The van der Waals surface area contributed by atoms with Crippen molar-refractivity contribution in [1.29, 1.82) is 0 Å². The monoisotopic (exact) mass is 265 g/mol. The van der Waals surface area contributed by atoms with E-state index in [2.05, 4.69) is 0 Å². The normalized spacial score (nSPS) is 10.7. The predicted molar refractivity (Wildman–Crippen MR) is 63.3 cm³/mol. The van der Waals surface area contributed by atoms with Crippen LogP contribution in [0.4, 0.5) is 4.70 Å². The van der Waals surface area contributed by atoms with Crippen molar-refractivity contribution >= 4 is 21.5 Å². The fraction of sp³-hybridized carbons (Fsp3) is 0.400. The van der Waals surface area contributed by atoms with Crippen LogP contribution in [-0.2, 0) is 25.7 Å². The maximum absolute atomic E-state index is 11.8. The van der Waals surface area contributed by atoms with Crippen molar-refractivity contribution in [3.63, 3.8) is 0 Å². The maximum atomic E-state index is 11.8. The first kappa shape index (κ1) is 15.1. The van der Waals surface area contributed by atoms with Crippen LogP contribution in [0, 0.1) is 20.8 Å². The van der Waals surface area contributed by atoms with Gasteiger partial charge >= 0.3 is 16.8 Å². The van der Waals surface area contributed by atoms with Gasteiger partial charge in [0.25, 0.3) is 0 Å². The van der Waals surface area contributed by atoms with E-state index in [0.29, 0.717) is 16.0 Å². The van der Waals surface area contributed by atoms with Crippen LogP contribution in [0.3, 0.4) is 0 Å². The summed E-state index contributed by atoms with van der Waals surface area (Å²) in [5, 5.41) is -0.405. The molecule has 0 aliphatic carbocycles. The average molecular weight is 265 g/mol. The van der Waals surface area contributed by atoms with Crippen LogP contribution in [0.5, 0.6) is 0 Å². The molecule has 3 nitrogen and oxygen atoms in total. The summed E-state index contributed by atoms with van der Waals surface area (Å²) in [7, 11) is -3.44. The third-order valence-corrected chi connectivity index (χ3v) is 5.01. The Kier molecular flexibility index (Phi) is 5.15. The Morgan fingerprint density at radius 3 is 1.94 bits per heavy atom. The van der Waals surface area contributed by atoms with Crippen LogP contribution in [0.2, 0.25) is 0 Å². The molecule has 0 heterocycles. The van der Waals surface area contributed by atoms with E-state index in [-0.39, 0.29) is 16.4 Å². The Labute approximate surface area is 98.7 Å². The Hall–Kier alpha value is -0.880. The third-order valence-electron chi connectivity index (χ3n) is 2.12. The molecule has 1 rings (SSSR count). The van der Waals surface area contributed by atoms with Crippen LogP contribution in [0.15, 0.2) is 17.0 Å². The summed E-state index contributed by atoms with van der Waals surface area (Å²) in [6.45, 7) is 5.42.